The fourth-order valence-corrected chi connectivity index (χ4v) is 0.581. The van der Waals surface area contributed by atoms with Crippen LogP contribution in [0.5, 0.6) is 0 Å². The largest absolute Gasteiger partial charge is 0.369 e. The lowest BCUT2D eigenvalue weighted by Crippen LogP contribution is -2.29. The van der Waals surface area contributed by atoms with Crippen molar-refractivity contribution in [3.63, 3.8) is 0 Å². The van der Waals surface area contributed by atoms with E-state index in [1.165, 1.54) is 0 Å². The molecule has 0 aliphatic carbocycles. The standard InChI is InChI=1S/C7H16N2O/c1-2-3-4-5-9-6-7(8)10/h9H,2-6H2,1H3,(H2,8,10)/i5D/t5-/m1/s1. The van der Waals surface area contributed by atoms with Crippen molar-refractivity contribution in [2.24, 2.45) is 5.73 Å². The van der Waals surface area contributed by atoms with Gasteiger partial charge in [-0.05, 0) is 12.9 Å². The highest BCUT2D eigenvalue weighted by Crippen LogP contribution is 1.90. The quantitative estimate of drug-likeness (QED) is 0.563. The third-order valence-corrected chi connectivity index (χ3v) is 1.12. The van der Waals surface area contributed by atoms with Gasteiger partial charge in [-0.3, -0.25) is 4.79 Å². The highest BCUT2D eigenvalue weighted by molar-refractivity contribution is 5.75. The average molecular weight is 145 g/mol. The number of hydrogen-bond acceptors (Lipinski definition) is 2. The minimum atomic E-state index is -0.404. The van der Waals surface area contributed by atoms with Crippen LogP contribution in [0.4, 0.5) is 0 Å². The van der Waals surface area contributed by atoms with Gasteiger partial charge in [0.1, 0.15) is 0 Å². The first-order valence-corrected chi connectivity index (χ1v) is 3.60. The van der Waals surface area contributed by atoms with Gasteiger partial charge in [-0.15, -0.1) is 0 Å². The first-order chi connectivity index (χ1) is 5.16. The number of nitrogens with one attached hydrogen (secondary N) is 1. The van der Waals surface area contributed by atoms with E-state index >= 15 is 0 Å². The number of primary amides is 1. The second kappa shape index (κ2) is 6.55. The molecule has 0 saturated heterocycles. The SMILES string of the molecule is [2H][C@H](CCCC)NCC(N)=O. The molecule has 0 heterocycles. The van der Waals surface area contributed by atoms with Gasteiger partial charge in [-0.25, -0.2) is 0 Å². The zero-order valence-electron chi connectivity index (χ0n) is 7.39. The molecule has 1 atom stereocenters. The van der Waals surface area contributed by atoms with Crippen molar-refractivity contribution in [3.8, 4) is 0 Å². The van der Waals surface area contributed by atoms with Gasteiger partial charge >= 0.3 is 0 Å². The fraction of sp³-hybridized carbons (Fsp3) is 0.857. The van der Waals surface area contributed by atoms with E-state index in [1.54, 1.807) is 0 Å². The summed E-state index contributed by atoms with van der Waals surface area (Å²) in [6, 6.07) is 0. The molecule has 10 heavy (non-hydrogen) atoms. The molecular formula is C7H16N2O. The zero-order valence-corrected chi connectivity index (χ0v) is 6.39. The Labute approximate surface area is 63.4 Å². The Kier molecular flexibility index (Phi) is 4.94. The molecule has 0 spiro atoms. The van der Waals surface area contributed by atoms with Crippen LogP contribution in [-0.2, 0) is 4.79 Å². The van der Waals surface area contributed by atoms with Gasteiger partial charge in [0.15, 0.2) is 0 Å². The summed E-state index contributed by atoms with van der Waals surface area (Å²) in [5.41, 5.74) is 4.88. The van der Waals surface area contributed by atoms with Gasteiger partial charge < -0.3 is 11.1 Å². The maximum absolute atomic E-state index is 10.3. The third kappa shape index (κ3) is 7.43. The molecule has 0 unspecified atom stereocenters. The molecule has 0 bridgehead atoms. The highest BCUT2D eigenvalue weighted by atomic mass is 16.1. The molecule has 0 aromatic rings. The summed E-state index contributed by atoms with van der Waals surface area (Å²) >= 11 is 0. The second-order valence-corrected chi connectivity index (χ2v) is 2.19. The maximum atomic E-state index is 10.3. The van der Waals surface area contributed by atoms with Gasteiger partial charge in [-0.2, -0.15) is 0 Å². The van der Waals surface area contributed by atoms with Gasteiger partial charge in [-0.1, -0.05) is 19.8 Å². The van der Waals surface area contributed by atoms with E-state index in [0.717, 1.165) is 19.3 Å². The predicted molar refractivity (Wildman–Crippen MR) is 41.6 cm³/mol. The summed E-state index contributed by atoms with van der Waals surface area (Å²) in [7, 11) is 0. The lowest BCUT2D eigenvalue weighted by Gasteiger charge is -1.99. The normalized spacial score (nSPS) is 14.3. The van der Waals surface area contributed by atoms with Crippen molar-refractivity contribution in [3.05, 3.63) is 0 Å². The van der Waals surface area contributed by atoms with Crippen molar-refractivity contribution in [2.45, 2.75) is 26.2 Å². The summed E-state index contributed by atoms with van der Waals surface area (Å²) in [5, 5.41) is 2.71. The molecule has 3 nitrogen and oxygen atoms in total. The molecule has 0 saturated carbocycles. The smallest absolute Gasteiger partial charge is 0.231 e. The van der Waals surface area contributed by atoms with Crippen LogP contribution < -0.4 is 11.1 Å². The van der Waals surface area contributed by atoms with Crippen LogP contribution in [0.1, 0.15) is 27.6 Å². The predicted octanol–water partition coefficient (Wildman–Crippen LogP) is 0.252. The van der Waals surface area contributed by atoms with Crippen molar-refractivity contribution >= 4 is 5.91 Å². The fourth-order valence-electron chi connectivity index (χ4n) is 0.581. The lowest BCUT2D eigenvalue weighted by molar-refractivity contribution is -0.117. The summed E-state index contributed by atoms with van der Waals surface area (Å²) < 4.78 is 7.35. The maximum Gasteiger partial charge on any atom is 0.231 e. The summed E-state index contributed by atoms with van der Waals surface area (Å²) in [6.45, 7) is 1.83. The first-order valence-electron chi connectivity index (χ1n) is 4.18. The van der Waals surface area contributed by atoms with Crippen LogP contribution in [0.3, 0.4) is 0 Å². The van der Waals surface area contributed by atoms with E-state index < -0.39 is 5.91 Å². The van der Waals surface area contributed by atoms with E-state index in [2.05, 4.69) is 12.2 Å². The summed E-state index contributed by atoms with van der Waals surface area (Å²) in [4.78, 5) is 10.3. The van der Waals surface area contributed by atoms with Crippen LogP contribution >= 0.6 is 0 Å². The Hall–Kier alpha value is -0.570. The van der Waals surface area contributed by atoms with Crippen molar-refractivity contribution in [1.29, 1.82) is 0 Å². The Morgan fingerprint density at radius 1 is 1.70 bits per heavy atom. The van der Waals surface area contributed by atoms with Crippen molar-refractivity contribution < 1.29 is 6.17 Å². The van der Waals surface area contributed by atoms with E-state index in [1.807, 2.05) is 0 Å². The number of carbonyl (C=O) groups is 1. The third-order valence-electron chi connectivity index (χ3n) is 1.12. The van der Waals surface area contributed by atoms with E-state index in [-0.39, 0.29) is 13.1 Å². The number of nitrogens with two attached hydrogens (primary N) is 1. The van der Waals surface area contributed by atoms with Gasteiger partial charge in [0.25, 0.3) is 0 Å². The topological polar surface area (TPSA) is 55.1 Å². The lowest BCUT2D eigenvalue weighted by atomic mass is 10.2. The average Bonchev–Trinajstić information content (AvgIpc) is 1.97. The first kappa shape index (κ1) is 7.54. The molecule has 0 aliphatic heterocycles. The molecule has 1 amide bonds. The Morgan fingerprint density at radius 3 is 2.90 bits per heavy atom. The monoisotopic (exact) mass is 145 g/mol. The highest BCUT2D eigenvalue weighted by Gasteiger charge is 1.90. The summed E-state index contributed by atoms with van der Waals surface area (Å²) in [5.74, 6) is -0.404. The zero-order chi connectivity index (χ0) is 8.69. The minimum Gasteiger partial charge on any atom is -0.369 e. The van der Waals surface area contributed by atoms with Gasteiger partial charge in [0.2, 0.25) is 5.91 Å². The van der Waals surface area contributed by atoms with Crippen LogP contribution in [0.15, 0.2) is 0 Å². The molecule has 3 heteroatoms. The van der Waals surface area contributed by atoms with E-state index in [0.29, 0.717) is 0 Å². The number of carbonyl (C=O) groups excluding carboxylic acids is 1. The molecule has 0 aromatic carbocycles. The Morgan fingerprint density at radius 2 is 2.40 bits per heavy atom. The molecule has 0 aliphatic rings. The molecule has 0 aromatic heterocycles. The number of amides is 1. The number of rotatable bonds is 6. The molecular weight excluding hydrogens is 128 g/mol. The van der Waals surface area contributed by atoms with E-state index in [4.69, 9.17) is 7.10 Å². The van der Waals surface area contributed by atoms with E-state index in [9.17, 15) is 4.79 Å². The molecule has 60 valence electrons. The van der Waals surface area contributed by atoms with Crippen LogP contribution in [0, 0.1) is 0 Å². The molecule has 0 rings (SSSR count). The van der Waals surface area contributed by atoms with Gasteiger partial charge in [0.05, 0.1) is 6.54 Å². The molecule has 3 N–H and O–H groups in total. The van der Waals surface area contributed by atoms with Crippen LogP contribution in [-0.4, -0.2) is 19.0 Å². The van der Waals surface area contributed by atoms with Crippen LogP contribution in [0.2, 0.25) is 0 Å². The Bertz CT molecular complexity index is 119. The van der Waals surface area contributed by atoms with Crippen molar-refractivity contribution in [1.82, 2.24) is 5.32 Å². The number of unbranched alkanes of at least 4 members (excludes halogenated alkanes) is 1. The second-order valence-electron chi connectivity index (χ2n) is 2.19. The van der Waals surface area contributed by atoms with Crippen LogP contribution in [0.25, 0.3) is 0 Å². The molecule has 0 fully saturated rings. The number of hydrogen-bond donors (Lipinski definition) is 2. The van der Waals surface area contributed by atoms with Gasteiger partial charge in [0, 0.05) is 1.37 Å². The molecule has 0 radical (unpaired) electrons. The summed E-state index contributed by atoms with van der Waals surface area (Å²) in [6.07, 6.45) is 2.87. The van der Waals surface area contributed by atoms with Crippen molar-refractivity contribution in [2.75, 3.05) is 13.1 Å². The Balaban J connectivity index is 3.22. The minimum absolute atomic E-state index is 0.109.